The number of oxazole rings is 1. The second-order valence-corrected chi connectivity index (χ2v) is 6.90. The monoisotopic (exact) mass is 397 g/mol. The molecule has 3 N–H and O–H groups in total. The molecule has 0 unspecified atom stereocenters. The summed E-state index contributed by atoms with van der Waals surface area (Å²) in [7, 11) is 0. The standard InChI is InChI=1S/C19H19N5O5/c1-19(2,3)29-18(26)23-11-5-4-6-12(7-11)28-15-8-13(21-10-22-15)17-24-14(9-27-17)16(20)25/h4-10H,1-3H3,(H2,20,25)(H,23,26). The number of aromatic nitrogens is 3. The fourth-order valence-electron chi connectivity index (χ4n) is 2.20. The van der Waals surface area contributed by atoms with Crippen LogP contribution in [0, 0.1) is 0 Å². The quantitative estimate of drug-likeness (QED) is 0.667. The first kappa shape index (κ1) is 19.8. The predicted molar refractivity (Wildman–Crippen MR) is 102 cm³/mol. The lowest BCUT2D eigenvalue weighted by molar-refractivity contribution is 0.0635. The Hall–Kier alpha value is -3.95. The Morgan fingerprint density at radius 1 is 1.17 bits per heavy atom. The summed E-state index contributed by atoms with van der Waals surface area (Å²) in [6, 6.07) is 8.20. The Kier molecular flexibility index (Phi) is 5.44. The molecular formula is C19H19N5O5. The van der Waals surface area contributed by atoms with Crippen LogP contribution >= 0.6 is 0 Å². The number of nitrogens with zero attached hydrogens (tertiary/aromatic N) is 3. The van der Waals surface area contributed by atoms with Crippen LogP contribution in [0.15, 0.2) is 47.3 Å². The maximum atomic E-state index is 11.9. The fourth-order valence-corrected chi connectivity index (χ4v) is 2.20. The van der Waals surface area contributed by atoms with Gasteiger partial charge in [0.15, 0.2) is 5.69 Å². The van der Waals surface area contributed by atoms with Crippen molar-refractivity contribution in [3.63, 3.8) is 0 Å². The highest BCUT2D eigenvalue weighted by Crippen LogP contribution is 2.25. The van der Waals surface area contributed by atoms with Gasteiger partial charge >= 0.3 is 6.09 Å². The highest BCUT2D eigenvalue weighted by atomic mass is 16.6. The number of anilines is 1. The van der Waals surface area contributed by atoms with Gasteiger partial charge in [0.05, 0.1) is 0 Å². The Morgan fingerprint density at radius 2 is 1.97 bits per heavy atom. The molecule has 0 saturated heterocycles. The van der Waals surface area contributed by atoms with Crippen molar-refractivity contribution in [2.45, 2.75) is 26.4 Å². The summed E-state index contributed by atoms with van der Waals surface area (Å²) in [5, 5.41) is 2.63. The molecule has 3 rings (SSSR count). The third kappa shape index (κ3) is 5.51. The number of hydrogen-bond acceptors (Lipinski definition) is 8. The summed E-state index contributed by atoms with van der Waals surface area (Å²) >= 11 is 0. The van der Waals surface area contributed by atoms with E-state index in [1.165, 1.54) is 12.4 Å². The van der Waals surface area contributed by atoms with Gasteiger partial charge in [-0.1, -0.05) is 6.07 Å². The van der Waals surface area contributed by atoms with E-state index in [1.807, 2.05) is 0 Å². The molecule has 0 radical (unpaired) electrons. The number of hydrogen-bond donors (Lipinski definition) is 2. The third-order valence-electron chi connectivity index (χ3n) is 3.32. The van der Waals surface area contributed by atoms with Gasteiger partial charge in [0.2, 0.25) is 11.8 Å². The molecule has 2 amide bonds. The van der Waals surface area contributed by atoms with Crippen LogP contribution < -0.4 is 15.8 Å². The van der Waals surface area contributed by atoms with Crippen LogP contribution in [0.5, 0.6) is 11.6 Å². The van der Waals surface area contributed by atoms with Gasteiger partial charge in [0, 0.05) is 17.8 Å². The van der Waals surface area contributed by atoms with Crippen LogP contribution in [0.25, 0.3) is 11.6 Å². The van der Waals surface area contributed by atoms with Crippen molar-refractivity contribution >= 4 is 17.7 Å². The molecule has 0 aliphatic carbocycles. The molecule has 10 heteroatoms. The molecule has 0 aliphatic rings. The Labute approximate surface area is 166 Å². The number of amides is 2. The van der Waals surface area contributed by atoms with Gasteiger partial charge < -0.3 is 19.6 Å². The van der Waals surface area contributed by atoms with Gasteiger partial charge in [-0.15, -0.1) is 0 Å². The molecule has 29 heavy (non-hydrogen) atoms. The van der Waals surface area contributed by atoms with Crippen LogP contribution in [0.4, 0.5) is 10.5 Å². The van der Waals surface area contributed by atoms with Crippen molar-refractivity contribution in [3.05, 3.63) is 48.6 Å². The van der Waals surface area contributed by atoms with Crippen molar-refractivity contribution in [3.8, 4) is 23.2 Å². The van der Waals surface area contributed by atoms with E-state index < -0.39 is 17.6 Å². The van der Waals surface area contributed by atoms with Crippen LogP contribution in [-0.4, -0.2) is 32.6 Å². The van der Waals surface area contributed by atoms with Crippen molar-refractivity contribution < 1.29 is 23.5 Å². The van der Waals surface area contributed by atoms with Gasteiger partial charge in [-0.2, -0.15) is 0 Å². The average Bonchev–Trinajstić information content (AvgIpc) is 3.11. The van der Waals surface area contributed by atoms with E-state index in [-0.39, 0.29) is 17.5 Å². The highest BCUT2D eigenvalue weighted by Gasteiger charge is 2.17. The first-order chi connectivity index (χ1) is 13.7. The minimum atomic E-state index is -0.708. The van der Waals surface area contributed by atoms with E-state index in [0.29, 0.717) is 17.1 Å². The van der Waals surface area contributed by atoms with E-state index in [4.69, 9.17) is 19.6 Å². The Morgan fingerprint density at radius 3 is 2.66 bits per heavy atom. The van der Waals surface area contributed by atoms with Crippen LogP contribution in [0.2, 0.25) is 0 Å². The summed E-state index contributed by atoms with van der Waals surface area (Å²) in [6.45, 7) is 5.33. The number of carbonyl (C=O) groups is 2. The first-order valence-electron chi connectivity index (χ1n) is 8.55. The third-order valence-corrected chi connectivity index (χ3v) is 3.32. The minimum Gasteiger partial charge on any atom is -0.444 e. The SMILES string of the molecule is CC(C)(C)OC(=O)Nc1cccc(Oc2cc(-c3nc(C(N)=O)co3)ncn2)c1. The van der Waals surface area contributed by atoms with E-state index in [0.717, 1.165) is 6.26 Å². The zero-order valence-electron chi connectivity index (χ0n) is 16.0. The molecule has 2 heterocycles. The molecule has 0 fully saturated rings. The molecule has 150 valence electrons. The average molecular weight is 397 g/mol. The number of carbonyl (C=O) groups excluding carboxylic acids is 2. The summed E-state index contributed by atoms with van der Waals surface area (Å²) < 4.78 is 16.1. The normalized spacial score (nSPS) is 11.0. The molecule has 0 saturated carbocycles. The summed E-state index contributed by atoms with van der Waals surface area (Å²) in [6.07, 6.45) is 1.83. The summed E-state index contributed by atoms with van der Waals surface area (Å²) in [4.78, 5) is 35.1. The number of nitrogens with one attached hydrogen (secondary N) is 1. The minimum absolute atomic E-state index is 0.0120. The molecule has 0 spiro atoms. The summed E-state index contributed by atoms with van der Waals surface area (Å²) in [5.41, 5.74) is 5.34. The maximum Gasteiger partial charge on any atom is 0.412 e. The second-order valence-electron chi connectivity index (χ2n) is 6.90. The maximum absolute atomic E-state index is 11.9. The predicted octanol–water partition coefficient (Wildman–Crippen LogP) is 3.37. The van der Waals surface area contributed by atoms with Crippen LogP contribution in [0.1, 0.15) is 31.3 Å². The van der Waals surface area contributed by atoms with Crippen LogP contribution in [0.3, 0.4) is 0 Å². The largest absolute Gasteiger partial charge is 0.444 e. The lowest BCUT2D eigenvalue weighted by Gasteiger charge is -2.19. The highest BCUT2D eigenvalue weighted by molar-refractivity contribution is 5.90. The topological polar surface area (TPSA) is 142 Å². The Bertz CT molecular complexity index is 1040. The molecule has 0 atom stereocenters. The number of rotatable bonds is 5. The Balaban J connectivity index is 1.73. The van der Waals surface area contributed by atoms with Crippen molar-refractivity contribution in [1.82, 2.24) is 15.0 Å². The molecule has 2 aromatic heterocycles. The number of primary amides is 1. The second kappa shape index (κ2) is 7.97. The van der Waals surface area contributed by atoms with Crippen molar-refractivity contribution in [2.24, 2.45) is 5.73 Å². The molecule has 0 bridgehead atoms. The van der Waals surface area contributed by atoms with Gasteiger partial charge in [-0.3, -0.25) is 10.1 Å². The number of ether oxygens (including phenoxy) is 2. The zero-order valence-corrected chi connectivity index (χ0v) is 16.0. The summed E-state index contributed by atoms with van der Waals surface area (Å²) in [5.74, 6) is 0.0305. The van der Waals surface area contributed by atoms with E-state index in [2.05, 4.69) is 20.3 Å². The molecule has 3 aromatic rings. The van der Waals surface area contributed by atoms with E-state index >= 15 is 0 Å². The van der Waals surface area contributed by atoms with Crippen LogP contribution in [-0.2, 0) is 4.74 Å². The van der Waals surface area contributed by atoms with Crippen molar-refractivity contribution in [2.75, 3.05) is 5.32 Å². The van der Waals surface area contributed by atoms with E-state index in [1.54, 1.807) is 45.0 Å². The molecular weight excluding hydrogens is 378 g/mol. The van der Waals surface area contributed by atoms with Gasteiger partial charge in [0.1, 0.15) is 29.6 Å². The smallest absolute Gasteiger partial charge is 0.412 e. The molecule has 1 aromatic carbocycles. The first-order valence-corrected chi connectivity index (χ1v) is 8.55. The fraction of sp³-hybridized carbons (Fsp3) is 0.211. The number of benzene rings is 1. The number of nitrogens with two attached hydrogens (primary N) is 1. The lowest BCUT2D eigenvalue weighted by Crippen LogP contribution is -2.27. The lowest BCUT2D eigenvalue weighted by atomic mass is 10.2. The van der Waals surface area contributed by atoms with Gasteiger partial charge in [-0.25, -0.2) is 19.7 Å². The zero-order chi connectivity index (χ0) is 21.0. The van der Waals surface area contributed by atoms with E-state index in [9.17, 15) is 9.59 Å². The van der Waals surface area contributed by atoms with Crippen molar-refractivity contribution in [1.29, 1.82) is 0 Å². The van der Waals surface area contributed by atoms with Gasteiger partial charge in [0.25, 0.3) is 5.91 Å². The molecule has 0 aliphatic heterocycles. The molecule has 10 nitrogen and oxygen atoms in total. The van der Waals surface area contributed by atoms with Gasteiger partial charge in [-0.05, 0) is 32.9 Å².